The minimum absolute atomic E-state index is 0.592. The average molecular weight is 226 g/mol. The lowest BCUT2D eigenvalue weighted by Crippen LogP contribution is -2.33. The van der Waals surface area contributed by atoms with E-state index < -0.39 is 0 Å². The van der Waals surface area contributed by atoms with E-state index in [0.717, 1.165) is 13.1 Å². The normalized spacial score (nSPS) is 12.0. The van der Waals surface area contributed by atoms with Crippen molar-refractivity contribution in [3.8, 4) is 0 Å². The van der Waals surface area contributed by atoms with Crippen LogP contribution in [0.4, 0.5) is 0 Å². The van der Waals surface area contributed by atoms with Gasteiger partial charge < -0.3 is 0 Å². The van der Waals surface area contributed by atoms with Crippen molar-refractivity contribution < 1.29 is 0 Å². The molecule has 86 valence electrons. The van der Waals surface area contributed by atoms with Gasteiger partial charge in [0.25, 0.3) is 0 Å². The first kappa shape index (κ1) is 12.7. The predicted molar refractivity (Wildman–Crippen MR) is 67.2 cm³/mol. The molecule has 0 saturated carbocycles. The van der Waals surface area contributed by atoms with Crippen LogP contribution in [0.1, 0.15) is 38.4 Å². The lowest BCUT2D eigenvalue weighted by Gasteiger charge is -2.27. The fourth-order valence-corrected chi connectivity index (χ4v) is 2.22. The number of rotatable bonds is 5. The second-order valence-electron chi connectivity index (χ2n) is 4.77. The Hall–Kier alpha value is -0.410. The monoisotopic (exact) mass is 226 g/mol. The largest absolute Gasteiger partial charge is 0.295 e. The molecular formula is C12H22N2S. The number of aryl methyl sites for hydroxylation is 1. The first-order valence-corrected chi connectivity index (χ1v) is 6.52. The van der Waals surface area contributed by atoms with E-state index in [0.29, 0.717) is 12.0 Å². The van der Waals surface area contributed by atoms with Crippen LogP contribution in [0, 0.1) is 12.8 Å². The third-order valence-electron chi connectivity index (χ3n) is 2.36. The van der Waals surface area contributed by atoms with Gasteiger partial charge in [-0.1, -0.05) is 13.8 Å². The highest BCUT2D eigenvalue weighted by Crippen LogP contribution is 2.13. The first-order chi connectivity index (χ1) is 6.99. The smallest absolute Gasteiger partial charge is 0.0897 e. The SMILES string of the molecule is Cc1nc(CN(CC(C)C)C(C)C)cs1. The topological polar surface area (TPSA) is 16.1 Å². The summed E-state index contributed by atoms with van der Waals surface area (Å²) >= 11 is 1.74. The van der Waals surface area contributed by atoms with E-state index in [9.17, 15) is 0 Å². The van der Waals surface area contributed by atoms with E-state index in [1.807, 2.05) is 0 Å². The summed E-state index contributed by atoms with van der Waals surface area (Å²) < 4.78 is 0. The fraction of sp³-hybridized carbons (Fsp3) is 0.750. The molecule has 0 aliphatic heterocycles. The lowest BCUT2D eigenvalue weighted by atomic mass is 10.1. The summed E-state index contributed by atoms with van der Waals surface area (Å²) in [4.78, 5) is 7.00. The van der Waals surface area contributed by atoms with Gasteiger partial charge in [-0.3, -0.25) is 4.90 Å². The molecule has 0 aromatic carbocycles. The molecule has 0 spiro atoms. The second-order valence-corrected chi connectivity index (χ2v) is 5.84. The van der Waals surface area contributed by atoms with Crippen molar-refractivity contribution in [1.82, 2.24) is 9.88 Å². The van der Waals surface area contributed by atoms with Gasteiger partial charge in [0, 0.05) is 24.5 Å². The van der Waals surface area contributed by atoms with E-state index in [1.54, 1.807) is 11.3 Å². The third-order valence-corrected chi connectivity index (χ3v) is 3.18. The van der Waals surface area contributed by atoms with Crippen LogP contribution in [0.5, 0.6) is 0 Å². The summed E-state index contributed by atoms with van der Waals surface area (Å²) in [7, 11) is 0. The van der Waals surface area contributed by atoms with Gasteiger partial charge in [0.15, 0.2) is 0 Å². The Bertz CT molecular complexity index is 292. The van der Waals surface area contributed by atoms with Gasteiger partial charge in [0.2, 0.25) is 0 Å². The highest BCUT2D eigenvalue weighted by atomic mass is 32.1. The molecule has 1 heterocycles. The molecule has 0 saturated heterocycles. The molecule has 15 heavy (non-hydrogen) atoms. The van der Waals surface area contributed by atoms with Crippen LogP contribution < -0.4 is 0 Å². The van der Waals surface area contributed by atoms with Crippen LogP contribution >= 0.6 is 11.3 Å². The van der Waals surface area contributed by atoms with E-state index >= 15 is 0 Å². The predicted octanol–water partition coefficient (Wildman–Crippen LogP) is 3.32. The zero-order valence-electron chi connectivity index (χ0n) is 10.4. The quantitative estimate of drug-likeness (QED) is 0.765. The average Bonchev–Trinajstić information content (AvgIpc) is 2.49. The Morgan fingerprint density at radius 2 is 2.00 bits per heavy atom. The standard InChI is InChI=1S/C12H22N2S/c1-9(2)6-14(10(3)4)7-12-8-15-11(5)13-12/h8-10H,6-7H2,1-5H3. The van der Waals surface area contributed by atoms with Crippen LogP contribution in [0.25, 0.3) is 0 Å². The van der Waals surface area contributed by atoms with E-state index in [2.05, 4.69) is 49.9 Å². The van der Waals surface area contributed by atoms with Crippen LogP contribution in [-0.2, 0) is 6.54 Å². The van der Waals surface area contributed by atoms with Gasteiger partial charge in [0.05, 0.1) is 10.7 Å². The Labute approximate surface area is 97.3 Å². The fourth-order valence-electron chi connectivity index (χ4n) is 1.62. The Kier molecular flexibility index (Phi) is 4.74. The summed E-state index contributed by atoms with van der Waals surface area (Å²) in [5.41, 5.74) is 1.21. The van der Waals surface area contributed by atoms with E-state index in [4.69, 9.17) is 0 Å². The van der Waals surface area contributed by atoms with Gasteiger partial charge in [-0.25, -0.2) is 4.98 Å². The van der Waals surface area contributed by atoms with Crippen LogP contribution in [-0.4, -0.2) is 22.5 Å². The number of hydrogen-bond donors (Lipinski definition) is 0. The maximum absolute atomic E-state index is 4.52. The molecule has 0 aliphatic rings. The van der Waals surface area contributed by atoms with Gasteiger partial charge >= 0.3 is 0 Å². The molecule has 1 aromatic rings. The molecule has 3 heteroatoms. The van der Waals surface area contributed by atoms with Crippen molar-refractivity contribution in [2.45, 2.75) is 47.2 Å². The van der Waals surface area contributed by atoms with Gasteiger partial charge in [-0.15, -0.1) is 11.3 Å². The summed E-state index contributed by atoms with van der Waals surface area (Å²) in [6.07, 6.45) is 0. The molecule has 0 bridgehead atoms. The minimum Gasteiger partial charge on any atom is -0.295 e. The number of aromatic nitrogens is 1. The summed E-state index contributed by atoms with van der Waals surface area (Å²) in [6, 6.07) is 0.592. The molecule has 0 unspecified atom stereocenters. The molecule has 0 aliphatic carbocycles. The van der Waals surface area contributed by atoms with Crippen molar-refractivity contribution in [3.63, 3.8) is 0 Å². The molecular weight excluding hydrogens is 204 g/mol. The Morgan fingerprint density at radius 1 is 1.33 bits per heavy atom. The highest BCUT2D eigenvalue weighted by Gasteiger charge is 2.12. The highest BCUT2D eigenvalue weighted by molar-refractivity contribution is 7.09. The molecule has 0 amide bonds. The van der Waals surface area contributed by atoms with Crippen molar-refractivity contribution in [1.29, 1.82) is 0 Å². The van der Waals surface area contributed by atoms with Gasteiger partial charge in [-0.05, 0) is 26.7 Å². The van der Waals surface area contributed by atoms with E-state index in [1.165, 1.54) is 10.7 Å². The zero-order valence-corrected chi connectivity index (χ0v) is 11.3. The minimum atomic E-state index is 0.592. The molecule has 0 radical (unpaired) electrons. The van der Waals surface area contributed by atoms with Crippen molar-refractivity contribution in [3.05, 3.63) is 16.1 Å². The number of hydrogen-bond acceptors (Lipinski definition) is 3. The van der Waals surface area contributed by atoms with Crippen LogP contribution in [0.15, 0.2) is 5.38 Å². The van der Waals surface area contributed by atoms with Crippen molar-refractivity contribution in [2.75, 3.05) is 6.54 Å². The molecule has 2 nitrogen and oxygen atoms in total. The van der Waals surface area contributed by atoms with Crippen LogP contribution in [0.2, 0.25) is 0 Å². The van der Waals surface area contributed by atoms with Crippen LogP contribution in [0.3, 0.4) is 0 Å². The third kappa shape index (κ3) is 4.31. The number of thiazole rings is 1. The molecule has 0 fully saturated rings. The van der Waals surface area contributed by atoms with Gasteiger partial charge in [-0.2, -0.15) is 0 Å². The Balaban J connectivity index is 2.58. The van der Waals surface area contributed by atoms with Crippen molar-refractivity contribution >= 4 is 11.3 Å². The lowest BCUT2D eigenvalue weighted by molar-refractivity contribution is 0.187. The summed E-state index contributed by atoms with van der Waals surface area (Å²) in [6.45, 7) is 13.2. The van der Waals surface area contributed by atoms with Gasteiger partial charge in [0.1, 0.15) is 0 Å². The molecule has 1 aromatic heterocycles. The van der Waals surface area contributed by atoms with Crippen molar-refractivity contribution in [2.24, 2.45) is 5.92 Å². The summed E-state index contributed by atoms with van der Waals surface area (Å²) in [5, 5.41) is 3.34. The maximum atomic E-state index is 4.52. The number of nitrogens with zero attached hydrogens (tertiary/aromatic N) is 2. The maximum Gasteiger partial charge on any atom is 0.0897 e. The zero-order chi connectivity index (χ0) is 11.4. The summed E-state index contributed by atoms with van der Waals surface area (Å²) in [5.74, 6) is 0.715. The molecule has 0 N–H and O–H groups in total. The second kappa shape index (κ2) is 5.61. The first-order valence-electron chi connectivity index (χ1n) is 5.64. The molecule has 1 rings (SSSR count). The Morgan fingerprint density at radius 3 is 2.40 bits per heavy atom. The van der Waals surface area contributed by atoms with E-state index in [-0.39, 0.29) is 0 Å². The molecule has 0 atom stereocenters.